The van der Waals surface area contributed by atoms with Gasteiger partial charge in [-0.2, -0.15) is 0 Å². The molecule has 4 aromatic rings. The van der Waals surface area contributed by atoms with Gasteiger partial charge >= 0.3 is 0 Å². The number of ether oxygens (including phenoxy) is 2. The van der Waals surface area contributed by atoms with Crippen LogP contribution in [0.4, 0.5) is 8.78 Å². The van der Waals surface area contributed by atoms with Crippen molar-refractivity contribution in [2.45, 2.75) is 32.5 Å². The Morgan fingerprint density at radius 2 is 1.73 bits per heavy atom. The Morgan fingerprint density at radius 1 is 0.946 bits per heavy atom. The van der Waals surface area contributed by atoms with E-state index in [-0.39, 0.29) is 19.0 Å². The maximum atomic E-state index is 14.0. The monoisotopic (exact) mass is 503 g/mol. The number of carbonyl (C=O) groups excluding carboxylic acids is 1. The highest BCUT2D eigenvalue weighted by molar-refractivity contribution is 5.95. The molecule has 3 aromatic carbocycles. The number of methoxy groups -OCH3 is 2. The summed E-state index contributed by atoms with van der Waals surface area (Å²) in [6.45, 7) is 1.32. The summed E-state index contributed by atoms with van der Waals surface area (Å²) in [6.07, 6.45) is 4.15. The molecule has 1 aliphatic rings. The van der Waals surface area contributed by atoms with Crippen molar-refractivity contribution < 1.29 is 23.0 Å². The van der Waals surface area contributed by atoms with Gasteiger partial charge < -0.3 is 18.9 Å². The lowest BCUT2D eigenvalue weighted by Crippen LogP contribution is -2.30. The van der Waals surface area contributed by atoms with Gasteiger partial charge in [-0.3, -0.25) is 4.79 Å². The maximum Gasteiger partial charge on any atom is 0.254 e. The first-order chi connectivity index (χ1) is 17.9. The molecule has 190 valence electrons. The number of halogens is 2. The Bertz CT molecular complexity index is 1430. The Morgan fingerprint density at radius 3 is 2.46 bits per heavy atom. The number of benzene rings is 3. The maximum absolute atomic E-state index is 14.0. The molecule has 1 aliphatic heterocycles. The summed E-state index contributed by atoms with van der Waals surface area (Å²) >= 11 is 0. The molecule has 0 unspecified atom stereocenters. The van der Waals surface area contributed by atoms with Crippen LogP contribution in [0, 0.1) is 11.6 Å². The van der Waals surface area contributed by atoms with Gasteiger partial charge in [-0.15, -0.1) is 0 Å². The van der Waals surface area contributed by atoms with Crippen molar-refractivity contribution in [3.05, 3.63) is 101 Å². The van der Waals surface area contributed by atoms with Crippen molar-refractivity contribution in [2.75, 3.05) is 14.2 Å². The summed E-state index contributed by atoms with van der Waals surface area (Å²) in [5.41, 5.74) is 3.62. The van der Waals surface area contributed by atoms with Crippen molar-refractivity contribution in [2.24, 2.45) is 0 Å². The van der Waals surface area contributed by atoms with E-state index < -0.39 is 11.6 Å². The lowest BCUT2D eigenvalue weighted by atomic mass is 10.1. The van der Waals surface area contributed by atoms with Crippen LogP contribution in [0.25, 0.3) is 11.3 Å². The van der Waals surface area contributed by atoms with Crippen molar-refractivity contribution in [1.29, 1.82) is 0 Å². The number of hydrogen-bond donors (Lipinski definition) is 0. The molecule has 1 amide bonds. The average Bonchev–Trinajstić information content (AvgIpc) is 3.53. The molecule has 0 fully saturated rings. The topological polar surface area (TPSA) is 56.6 Å². The lowest BCUT2D eigenvalue weighted by Gasteiger charge is -2.24. The molecule has 37 heavy (non-hydrogen) atoms. The van der Waals surface area contributed by atoms with E-state index in [0.717, 1.165) is 54.2 Å². The highest BCUT2D eigenvalue weighted by atomic mass is 19.2. The number of nitrogens with zero attached hydrogens (tertiary/aromatic N) is 3. The first-order valence-corrected chi connectivity index (χ1v) is 12.1. The van der Waals surface area contributed by atoms with E-state index in [0.29, 0.717) is 22.6 Å². The van der Waals surface area contributed by atoms with E-state index in [1.165, 1.54) is 20.3 Å². The zero-order valence-electron chi connectivity index (χ0n) is 20.7. The molecular formula is C29H27F2N3O3. The van der Waals surface area contributed by atoms with Crippen molar-refractivity contribution >= 4 is 5.91 Å². The Balaban J connectivity index is 1.46. The molecule has 6 nitrogen and oxygen atoms in total. The molecule has 0 saturated heterocycles. The number of aromatic nitrogens is 2. The zero-order valence-corrected chi connectivity index (χ0v) is 20.7. The van der Waals surface area contributed by atoms with E-state index >= 15 is 0 Å². The van der Waals surface area contributed by atoms with Crippen molar-refractivity contribution in [3.63, 3.8) is 0 Å². The molecule has 5 rings (SSSR count). The van der Waals surface area contributed by atoms with E-state index in [2.05, 4.69) is 10.8 Å². The summed E-state index contributed by atoms with van der Waals surface area (Å²) < 4.78 is 40.3. The SMILES string of the molecule is COc1ccc(C(=O)N(Cc2cccc(-c3cn4c(n3)CCC4)c2)Cc2ccc(F)c(F)c2)cc1OC. The van der Waals surface area contributed by atoms with E-state index in [1.54, 1.807) is 23.1 Å². The molecule has 0 N–H and O–H groups in total. The van der Waals surface area contributed by atoms with Crippen LogP contribution in [0.2, 0.25) is 0 Å². The van der Waals surface area contributed by atoms with Crippen molar-refractivity contribution in [1.82, 2.24) is 14.5 Å². The smallest absolute Gasteiger partial charge is 0.254 e. The van der Waals surface area contributed by atoms with Crippen LogP contribution < -0.4 is 9.47 Å². The minimum absolute atomic E-state index is 0.0907. The molecule has 0 atom stereocenters. The zero-order chi connectivity index (χ0) is 25.9. The van der Waals surface area contributed by atoms with Gasteiger partial charge in [-0.05, 0) is 53.9 Å². The summed E-state index contributed by atoms with van der Waals surface area (Å²) in [5.74, 6) is -0.144. The third kappa shape index (κ3) is 5.18. The molecule has 8 heteroatoms. The van der Waals surface area contributed by atoms with E-state index in [1.807, 2.05) is 24.3 Å². The quantitative estimate of drug-likeness (QED) is 0.313. The number of rotatable bonds is 8. The third-order valence-electron chi connectivity index (χ3n) is 6.53. The van der Waals surface area contributed by atoms with Crippen LogP contribution in [0.3, 0.4) is 0 Å². The molecule has 0 spiro atoms. The molecule has 0 aliphatic carbocycles. The molecule has 0 saturated carbocycles. The highest BCUT2D eigenvalue weighted by Gasteiger charge is 2.20. The number of aryl methyl sites for hydroxylation is 2. The molecule has 1 aromatic heterocycles. The number of fused-ring (bicyclic) bond motifs is 1. The van der Waals surface area contributed by atoms with Crippen LogP contribution in [0.5, 0.6) is 11.5 Å². The second-order valence-electron chi connectivity index (χ2n) is 9.02. The fraction of sp³-hybridized carbons (Fsp3) is 0.241. The largest absolute Gasteiger partial charge is 0.493 e. The van der Waals surface area contributed by atoms with Gasteiger partial charge in [0.1, 0.15) is 5.82 Å². The second-order valence-corrected chi connectivity index (χ2v) is 9.02. The number of hydrogen-bond acceptors (Lipinski definition) is 4. The van der Waals surface area contributed by atoms with Gasteiger partial charge in [0, 0.05) is 43.4 Å². The van der Waals surface area contributed by atoms with Crippen molar-refractivity contribution in [3.8, 4) is 22.8 Å². The van der Waals surface area contributed by atoms with Gasteiger partial charge in [-0.1, -0.05) is 24.3 Å². The summed E-state index contributed by atoms with van der Waals surface area (Å²) in [5, 5.41) is 0. The van der Waals surface area contributed by atoms with Crippen LogP contribution in [0.1, 0.15) is 33.7 Å². The summed E-state index contributed by atoms with van der Waals surface area (Å²) in [7, 11) is 3.03. The molecular weight excluding hydrogens is 476 g/mol. The lowest BCUT2D eigenvalue weighted by molar-refractivity contribution is 0.0729. The Kier molecular flexibility index (Phi) is 6.90. The van der Waals surface area contributed by atoms with Crippen LogP contribution in [0.15, 0.2) is 66.9 Å². The third-order valence-corrected chi connectivity index (χ3v) is 6.53. The number of amides is 1. The fourth-order valence-electron chi connectivity index (χ4n) is 4.65. The first kappa shape index (κ1) is 24.5. The van der Waals surface area contributed by atoms with E-state index in [4.69, 9.17) is 14.5 Å². The Hall–Kier alpha value is -4.20. The Labute approximate surface area is 214 Å². The first-order valence-electron chi connectivity index (χ1n) is 12.1. The number of carbonyl (C=O) groups is 1. The van der Waals surface area contributed by atoms with E-state index in [9.17, 15) is 13.6 Å². The predicted octanol–water partition coefficient (Wildman–Crippen LogP) is 5.63. The summed E-state index contributed by atoms with van der Waals surface area (Å²) in [4.78, 5) is 20.0. The molecule has 2 heterocycles. The van der Waals surface area contributed by atoms with Crippen LogP contribution in [-0.4, -0.2) is 34.6 Å². The number of imidazole rings is 1. The molecule has 0 bridgehead atoms. The normalized spacial score (nSPS) is 12.3. The highest BCUT2D eigenvalue weighted by Crippen LogP contribution is 2.29. The minimum atomic E-state index is -0.953. The van der Waals surface area contributed by atoms with Gasteiger partial charge in [0.05, 0.1) is 19.9 Å². The standard InChI is InChI=1S/C29H27F2N3O3/c1-36-26-11-9-22(15-27(26)37-2)29(35)34(17-20-8-10-23(30)24(31)14-20)16-19-5-3-6-21(13-19)25-18-33-12-4-7-28(33)32-25/h3,5-6,8-11,13-15,18H,4,7,12,16-17H2,1-2H3. The van der Waals surface area contributed by atoms with Crippen LogP contribution in [-0.2, 0) is 26.1 Å². The predicted molar refractivity (Wildman–Crippen MR) is 135 cm³/mol. The minimum Gasteiger partial charge on any atom is -0.493 e. The fourth-order valence-corrected chi connectivity index (χ4v) is 4.65. The van der Waals surface area contributed by atoms with Gasteiger partial charge in [0.25, 0.3) is 5.91 Å². The average molecular weight is 504 g/mol. The van der Waals surface area contributed by atoms with Crippen LogP contribution >= 0.6 is 0 Å². The molecule has 0 radical (unpaired) electrons. The van der Waals surface area contributed by atoms with Gasteiger partial charge in [-0.25, -0.2) is 13.8 Å². The van der Waals surface area contributed by atoms with Gasteiger partial charge in [0.15, 0.2) is 23.1 Å². The summed E-state index contributed by atoms with van der Waals surface area (Å²) in [6, 6.07) is 16.5. The van der Waals surface area contributed by atoms with Gasteiger partial charge in [0.2, 0.25) is 0 Å². The second kappa shape index (κ2) is 10.4.